The average Bonchev–Trinajstić information content (AvgIpc) is 2.71. The van der Waals surface area contributed by atoms with Gasteiger partial charge in [-0.25, -0.2) is 0 Å². The fourth-order valence-electron chi connectivity index (χ4n) is 1.37. The first-order valence-corrected chi connectivity index (χ1v) is 5.20. The van der Waals surface area contributed by atoms with Crippen molar-refractivity contribution in [3.05, 3.63) is 40.0 Å². The Balaban J connectivity index is 2.40. The lowest BCUT2D eigenvalue weighted by Crippen LogP contribution is -2.14. The highest BCUT2D eigenvalue weighted by molar-refractivity contribution is 9.10. The van der Waals surface area contributed by atoms with Crippen LogP contribution in [0.2, 0.25) is 0 Å². The highest BCUT2D eigenvalue weighted by Gasteiger charge is 2.15. The highest BCUT2D eigenvalue weighted by atomic mass is 79.9. The van der Waals surface area contributed by atoms with Crippen molar-refractivity contribution in [2.75, 3.05) is 0 Å². The van der Waals surface area contributed by atoms with Crippen LogP contribution in [0.4, 0.5) is 0 Å². The van der Waals surface area contributed by atoms with E-state index in [1.807, 2.05) is 19.9 Å². The zero-order valence-corrected chi connectivity index (χ0v) is 9.91. The number of hydrogen-bond acceptors (Lipinski definition) is 3. The molecule has 0 saturated heterocycles. The van der Waals surface area contributed by atoms with Crippen molar-refractivity contribution in [3.63, 3.8) is 0 Å². The molecule has 4 nitrogen and oxygen atoms in total. The largest absolute Gasteiger partial charge is 0.444 e. The van der Waals surface area contributed by atoms with Crippen molar-refractivity contribution in [1.82, 2.24) is 9.78 Å². The molecule has 0 aliphatic carbocycles. The summed E-state index contributed by atoms with van der Waals surface area (Å²) < 4.78 is 7.04. The van der Waals surface area contributed by atoms with Gasteiger partial charge in [0.2, 0.25) is 0 Å². The number of aryl methyl sites for hydroxylation is 2. The summed E-state index contributed by atoms with van der Waals surface area (Å²) in [5.41, 5.74) is 1.61. The van der Waals surface area contributed by atoms with Gasteiger partial charge >= 0.3 is 5.91 Å². The maximum atomic E-state index is 11.9. The topological polar surface area (TPSA) is 48.0 Å². The molecule has 2 aromatic rings. The second-order valence-electron chi connectivity index (χ2n) is 3.25. The molecule has 0 radical (unpaired) electrons. The standard InChI is InChI=1S/C10H9BrN2O2/c1-6-5-7(2)13(12-6)10(14)8-3-4-9(11)15-8/h3-5H,1-2H3. The molecule has 0 fully saturated rings. The number of carbonyl (C=O) groups is 1. The summed E-state index contributed by atoms with van der Waals surface area (Å²) in [7, 11) is 0. The summed E-state index contributed by atoms with van der Waals surface area (Å²) >= 11 is 3.15. The molecule has 78 valence electrons. The van der Waals surface area contributed by atoms with Crippen molar-refractivity contribution >= 4 is 21.8 Å². The molecule has 0 aliphatic heterocycles. The normalized spacial score (nSPS) is 10.6. The molecule has 2 heterocycles. The van der Waals surface area contributed by atoms with Crippen molar-refractivity contribution in [2.45, 2.75) is 13.8 Å². The minimum atomic E-state index is -0.258. The van der Waals surface area contributed by atoms with E-state index >= 15 is 0 Å². The van der Waals surface area contributed by atoms with E-state index < -0.39 is 0 Å². The van der Waals surface area contributed by atoms with E-state index in [0.717, 1.165) is 11.4 Å². The number of rotatable bonds is 1. The van der Waals surface area contributed by atoms with Crippen LogP contribution in [-0.4, -0.2) is 15.7 Å². The molecule has 2 aromatic heterocycles. The van der Waals surface area contributed by atoms with Crippen LogP contribution >= 0.6 is 15.9 Å². The number of halogens is 1. The minimum Gasteiger partial charge on any atom is -0.444 e. The lowest BCUT2D eigenvalue weighted by molar-refractivity contribution is 0.0913. The van der Waals surface area contributed by atoms with Gasteiger partial charge < -0.3 is 4.42 Å². The summed E-state index contributed by atoms with van der Waals surface area (Å²) in [5, 5.41) is 4.09. The molecule has 0 aliphatic rings. The highest BCUT2D eigenvalue weighted by Crippen LogP contribution is 2.15. The van der Waals surface area contributed by atoms with E-state index in [1.165, 1.54) is 4.68 Å². The molecule has 0 aromatic carbocycles. The maximum absolute atomic E-state index is 11.9. The molecule has 5 heteroatoms. The van der Waals surface area contributed by atoms with Gasteiger partial charge in [0, 0.05) is 5.69 Å². The fraction of sp³-hybridized carbons (Fsp3) is 0.200. The van der Waals surface area contributed by atoms with Gasteiger partial charge in [0.15, 0.2) is 10.4 Å². The Labute approximate surface area is 95.0 Å². The van der Waals surface area contributed by atoms with E-state index in [9.17, 15) is 4.79 Å². The van der Waals surface area contributed by atoms with Crippen molar-refractivity contribution < 1.29 is 9.21 Å². The van der Waals surface area contributed by atoms with Gasteiger partial charge in [-0.15, -0.1) is 0 Å². The molecular weight excluding hydrogens is 260 g/mol. The third-order valence-corrected chi connectivity index (χ3v) is 2.41. The molecule has 15 heavy (non-hydrogen) atoms. The van der Waals surface area contributed by atoms with Crippen LogP contribution in [0.15, 0.2) is 27.3 Å². The number of hydrogen-bond donors (Lipinski definition) is 0. The summed E-state index contributed by atoms with van der Waals surface area (Å²) in [6.45, 7) is 3.67. The van der Waals surface area contributed by atoms with Gasteiger partial charge in [-0.05, 0) is 48.0 Å². The first-order chi connectivity index (χ1) is 7.08. The van der Waals surface area contributed by atoms with Crippen LogP contribution in [-0.2, 0) is 0 Å². The van der Waals surface area contributed by atoms with Gasteiger partial charge in [0.05, 0.1) is 5.69 Å². The molecule has 0 saturated carbocycles. The number of carbonyl (C=O) groups excluding carboxylic acids is 1. The van der Waals surface area contributed by atoms with Gasteiger partial charge in [-0.2, -0.15) is 9.78 Å². The summed E-state index contributed by atoms with van der Waals surface area (Å²) in [6.07, 6.45) is 0. The lowest BCUT2D eigenvalue weighted by atomic mass is 10.4. The molecule has 0 bridgehead atoms. The second-order valence-corrected chi connectivity index (χ2v) is 4.03. The van der Waals surface area contributed by atoms with Gasteiger partial charge in [0.1, 0.15) is 0 Å². The van der Waals surface area contributed by atoms with E-state index in [2.05, 4.69) is 21.0 Å². The first-order valence-electron chi connectivity index (χ1n) is 4.41. The van der Waals surface area contributed by atoms with Gasteiger partial charge in [-0.1, -0.05) is 0 Å². The number of nitrogens with zero attached hydrogens (tertiary/aromatic N) is 2. The van der Waals surface area contributed by atoms with Crippen molar-refractivity contribution in [1.29, 1.82) is 0 Å². The van der Waals surface area contributed by atoms with Crippen LogP contribution in [0.1, 0.15) is 21.9 Å². The van der Waals surface area contributed by atoms with E-state index in [1.54, 1.807) is 12.1 Å². The Kier molecular flexibility index (Phi) is 2.48. The molecular formula is C10H9BrN2O2. The summed E-state index contributed by atoms with van der Waals surface area (Å²) in [5.74, 6) is 0.0133. The SMILES string of the molecule is Cc1cc(C)n(C(=O)c2ccc(Br)o2)n1. The molecule has 0 amide bonds. The number of furan rings is 1. The fourth-order valence-corrected chi connectivity index (χ4v) is 1.67. The Morgan fingerprint density at radius 2 is 2.20 bits per heavy atom. The van der Waals surface area contributed by atoms with Crippen molar-refractivity contribution in [3.8, 4) is 0 Å². The minimum absolute atomic E-state index is 0.258. The van der Waals surface area contributed by atoms with Crippen LogP contribution in [0.5, 0.6) is 0 Å². The molecule has 0 spiro atoms. The Morgan fingerprint density at radius 3 is 2.67 bits per heavy atom. The van der Waals surface area contributed by atoms with Crippen molar-refractivity contribution in [2.24, 2.45) is 0 Å². The molecule has 0 atom stereocenters. The zero-order chi connectivity index (χ0) is 11.0. The smallest absolute Gasteiger partial charge is 0.314 e. The van der Waals surface area contributed by atoms with Crippen LogP contribution < -0.4 is 0 Å². The molecule has 2 rings (SSSR count). The van der Waals surface area contributed by atoms with Gasteiger partial charge in [0.25, 0.3) is 0 Å². The number of aromatic nitrogens is 2. The third-order valence-electron chi connectivity index (χ3n) is 1.99. The molecule has 0 unspecified atom stereocenters. The van der Waals surface area contributed by atoms with E-state index in [-0.39, 0.29) is 11.7 Å². The summed E-state index contributed by atoms with van der Waals surface area (Å²) in [6, 6.07) is 5.14. The average molecular weight is 269 g/mol. The van der Waals surface area contributed by atoms with Gasteiger partial charge in [-0.3, -0.25) is 4.79 Å². The Bertz CT molecular complexity index is 513. The van der Waals surface area contributed by atoms with Crippen LogP contribution in [0.3, 0.4) is 0 Å². The summed E-state index contributed by atoms with van der Waals surface area (Å²) in [4.78, 5) is 11.9. The van der Waals surface area contributed by atoms with Crippen LogP contribution in [0, 0.1) is 13.8 Å². The monoisotopic (exact) mass is 268 g/mol. The second kappa shape index (κ2) is 3.66. The van der Waals surface area contributed by atoms with Crippen LogP contribution in [0.25, 0.3) is 0 Å². The van der Waals surface area contributed by atoms with E-state index in [4.69, 9.17) is 4.42 Å². The molecule has 0 N–H and O–H groups in total. The quantitative estimate of drug-likeness (QED) is 0.799. The lowest BCUT2D eigenvalue weighted by Gasteiger charge is -1.98. The predicted octanol–water partition coefficient (Wildman–Crippen LogP) is 2.54. The zero-order valence-electron chi connectivity index (χ0n) is 8.32. The van der Waals surface area contributed by atoms with E-state index in [0.29, 0.717) is 4.67 Å². The Hall–Kier alpha value is -1.36. The first kappa shape index (κ1) is 10.2. The Morgan fingerprint density at radius 1 is 1.47 bits per heavy atom. The third kappa shape index (κ3) is 1.87. The predicted molar refractivity (Wildman–Crippen MR) is 57.8 cm³/mol. The maximum Gasteiger partial charge on any atom is 0.314 e.